The molecule has 0 N–H and O–H groups in total. The second-order valence-electron chi connectivity index (χ2n) is 6.66. The van der Waals surface area contributed by atoms with Gasteiger partial charge in [-0.15, -0.1) is 6.42 Å². The van der Waals surface area contributed by atoms with Gasteiger partial charge in [0.25, 0.3) is 0 Å². The van der Waals surface area contributed by atoms with Crippen molar-refractivity contribution in [1.82, 2.24) is 0 Å². The van der Waals surface area contributed by atoms with Gasteiger partial charge in [0, 0.05) is 5.41 Å². The molecule has 1 aromatic rings. The normalized spacial score (nSPS) is 19.3. The number of terminal acetylenes is 1. The smallest absolute Gasteiger partial charge is 0.185 e. The fraction of sp³-hybridized carbons (Fsp3) is 0.529. The van der Waals surface area contributed by atoms with Crippen molar-refractivity contribution >= 4 is 8.32 Å². The molecule has 0 heterocycles. The van der Waals surface area contributed by atoms with Gasteiger partial charge in [-0.25, -0.2) is 0 Å². The Balaban J connectivity index is 2.15. The highest BCUT2D eigenvalue weighted by atomic mass is 28.4. The van der Waals surface area contributed by atoms with E-state index >= 15 is 0 Å². The van der Waals surface area contributed by atoms with E-state index in [9.17, 15) is 0 Å². The maximum atomic E-state index is 6.27. The summed E-state index contributed by atoms with van der Waals surface area (Å²) in [6, 6.07) is 10.7. The molecule has 1 aliphatic carbocycles. The van der Waals surface area contributed by atoms with E-state index in [4.69, 9.17) is 10.8 Å². The Morgan fingerprint density at radius 3 is 2.32 bits per heavy atom. The summed E-state index contributed by atoms with van der Waals surface area (Å²) in [5, 5.41) is 0. The molecule has 1 aliphatic rings. The first-order valence-electron chi connectivity index (χ1n) is 7.13. The maximum Gasteiger partial charge on any atom is 0.185 e. The van der Waals surface area contributed by atoms with Gasteiger partial charge in [0.2, 0.25) is 0 Å². The minimum atomic E-state index is -1.59. The highest BCUT2D eigenvalue weighted by Crippen LogP contribution is 2.48. The van der Waals surface area contributed by atoms with Crippen LogP contribution in [0.5, 0.6) is 0 Å². The van der Waals surface area contributed by atoms with Crippen LogP contribution < -0.4 is 0 Å². The summed E-state index contributed by atoms with van der Waals surface area (Å²) in [6.07, 6.45) is 10.5. The number of hydrogen-bond acceptors (Lipinski definition) is 1. The average Bonchev–Trinajstić information content (AvgIpc) is 2.31. The molecule has 0 radical (unpaired) electrons. The van der Waals surface area contributed by atoms with Gasteiger partial charge in [-0.3, -0.25) is 0 Å². The van der Waals surface area contributed by atoms with E-state index < -0.39 is 8.32 Å². The molecule has 1 unspecified atom stereocenters. The number of hydrogen-bond donors (Lipinski definition) is 0. The number of rotatable bonds is 5. The summed E-state index contributed by atoms with van der Waals surface area (Å²) >= 11 is 0. The maximum absolute atomic E-state index is 6.27. The van der Waals surface area contributed by atoms with Crippen LogP contribution in [-0.4, -0.2) is 14.4 Å². The Hall–Kier alpha value is -1.04. The Morgan fingerprint density at radius 1 is 1.26 bits per heavy atom. The first-order chi connectivity index (χ1) is 8.95. The molecular formula is C17H24OSi. The topological polar surface area (TPSA) is 9.23 Å². The molecule has 0 amide bonds. The second-order valence-corrected chi connectivity index (χ2v) is 11.1. The molecule has 19 heavy (non-hydrogen) atoms. The summed E-state index contributed by atoms with van der Waals surface area (Å²) in [7, 11) is -1.59. The molecule has 102 valence electrons. The number of benzene rings is 1. The predicted octanol–water partition coefficient (Wildman–Crippen LogP) is 4.25. The third-order valence-corrected chi connectivity index (χ3v) is 4.87. The predicted molar refractivity (Wildman–Crippen MR) is 83.5 cm³/mol. The Kier molecular flexibility index (Phi) is 4.18. The molecule has 1 nitrogen and oxygen atoms in total. The van der Waals surface area contributed by atoms with Crippen molar-refractivity contribution in [2.45, 2.75) is 51.4 Å². The average molecular weight is 272 g/mol. The monoisotopic (exact) mass is 272 g/mol. The molecule has 1 aromatic carbocycles. The zero-order chi connectivity index (χ0) is 13.9. The van der Waals surface area contributed by atoms with Gasteiger partial charge in [-0.2, -0.15) is 0 Å². The molecular weight excluding hydrogens is 248 g/mol. The van der Waals surface area contributed by atoms with Crippen molar-refractivity contribution in [1.29, 1.82) is 0 Å². The van der Waals surface area contributed by atoms with Gasteiger partial charge >= 0.3 is 0 Å². The summed E-state index contributed by atoms with van der Waals surface area (Å²) in [4.78, 5) is 0. The van der Waals surface area contributed by atoms with Crippen molar-refractivity contribution in [3.05, 3.63) is 35.9 Å². The van der Waals surface area contributed by atoms with Gasteiger partial charge in [-0.1, -0.05) is 42.7 Å². The molecule has 0 spiro atoms. The minimum absolute atomic E-state index is 0.0203. The van der Waals surface area contributed by atoms with Crippen LogP contribution in [0.2, 0.25) is 19.6 Å². The van der Waals surface area contributed by atoms with Crippen LogP contribution in [0, 0.1) is 17.8 Å². The van der Waals surface area contributed by atoms with Crippen LogP contribution in [-0.2, 0) is 10.8 Å². The van der Waals surface area contributed by atoms with E-state index in [1.54, 1.807) is 0 Å². The molecule has 1 atom stereocenters. The first-order valence-corrected chi connectivity index (χ1v) is 10.5. The van der Waals surface area contributed by atoms with E-state index in [0.29, 0.717) is 0 Å². The van der Waals surface area contributed by atoms with Gasteiger partial charge in [0.1, 0.15) is 6.10 Å². The zero-order valence-corrected chi connectivity index (χ0v) is 13.3. The van der Waals surface area contributed by atoms with Crippen LogP contribution in [0.4, 0.5) is 0 Å². The third kappa shape index (κ3) is 3.49. The second kappa shape index (κ2) is 5.52. The van der Waals surface area contributed by atoms with E-state index in [-0.39, 0.29) is 11.5 Å². The first kappa shape index (κ1) is 14.4. The molecule has 0 saturated heterocycles. The fourth-order valence-corrected chi connectivity index (χ4v) is 3.88. The van der Waals surface area contributed by atoms with Crippen LogP contribution in [0.25, 0.3) is 0 Å². The largest absolute Gasteiger partial charge is 0.404 e. The highest BCUT2D eigenvalue weighted by molar-refractivity contribution is 6.69. The quantitative estimate of drug-likeness (QED) is 0.575. The van der Waals surface area contributed by atoms with Crippen LogP contribution in [0.3, 0.4) is 0 Å². The molecule has 0 aliphatic heterocycles. The van der Waals surface area contributed by atoms with E-state index in [0.717, 1.165) is 6.42 Å². The molecule has 0 aromatic heterocycles. The van der Waals surface area contributed by atoms with Crippen molar-refractivity contribution in [2.75, 3.05) is 0 Å². The van der Waals surface area contributed by atoms with E-state index in [2.05, 4.69) is 55.9 Å². The Bertz CT molecular complexity index is 448. The highest BCUT2D eigenvalue weighted by Gasteiger charge is 2.45. The third-order valence-electron chi connectivity index (χ3n) is 3.93. The Morgan fingerprint density at radius 2 is 1.89 bits per heavy atom. The lowest BCUT2D eigenvalue weighted by molar-refractivity contribution is 0.0118. The fourth-order valence-electron chi connectivity index (χ4n) is 2.85. The van der Waals surface area contributed by atoms with Crippen molar-refractivity contribution in [3.8, 4) is 12.3 Å². The molecule has 1 fully saturated rings. The van der Waals surface area contributed by atoms with Crippen LogP contribution >= 0.6 is 0 Å². The lowest BCUT2D eigenvalue weighted by Gasteiger charge is -2.47. The summed E-state index contributed by atoms with van der Waals surface area (Å²) in [5.41, 5.74) is 1.55. The zero-order valence-electron chi connectivity index (χ0n) is 12.3. The lowest BCUT2D eigenvalue weighted by Crippen LogP contribution is -2.48. The summed E-state index contributed by atoms with van der Waals surface area (Å²) in [6.45, 7) is 6.64. The standard InChI is InChI=1S/C17H24OSi/c1-5-16(18-19(2,3)4)17(12-9-13-17)14-15-10-7-6-8-11-15/h1,6-8,10-11,16H,9,12-14H2,2-4H3. The van der Waals surface area contributed by atoms with Gasteiger partial charge in [0.15, 0.2) is 8.32 Å². The van der Waals surface area contributed by atoms with Gasteiger partial charge in [0.05, 0.1) is 0 Å². The minimum Gasteiger partial charge on any atom is -0.404 e. The summed E-state index contributed by atoms with van der Waals surface area (Å²) in [5.74, 6) is 2.93. The van der Waals surface area contributed by atoms with Crippen LogP contribution in [0.15, 0.2) is 30.3 Å². The molecule has 2 rings (SSSR count). The van der Waals surface area contributed by atoms with Gasteiger partial charge < -0.3 is 4.43 Å². The van der Waals surface area contributed by atoms with Crippen molar-refractivity contribution < 1.29 is 4.43 Å². The lowest BCUT2D eigenvalue weighted by atomic mass is 9.62. The van der Waals surface area contributed by atoms with Crippen LogP contribution in [0.1, 0.15) is 24.8 Å². The molecule has 0 bridgehead atoms. The van der Waals surface area contributed by atoms with Crippen molar-refractivity contribution in [2.24, 2.45) is 5.41 Å². The van der Waals surface area contributed by atoms with Gasteiger partial charge in [-0.05, 0) is 44.5 Å². The van der Waals surface area contributed by atoms with E-state index in [1.165, 1.54) is 24.8 Å². The molecule has 1 saturated carbocycles. The Labute approximate surface area is 118 Å². The summed E-state index contributed by atoms with van der Waals surface area (Å²) < 4.78 is 6.27. The van der Waals surface area contributed by atoms with Crippen molar-refractivity contribution in [3.63, 3.8) is 0 Å². The SMILES string of the molecule is C#CC(O[Si](C)(C)C)C1(Cc2ccccc2)CCC1. The molecule has 2 heteroatoms. The van der Waals surface area contributed by atoms with E-state index in [1.807, 2.05) is 0 Å².